The average molecular weight is 329 g/mol. The van der Waals surface area contributed by atoms with Gasteiger partial charge in [0.15, 0.2) is 5.82 Å². The van der Waals surface area contributed by atoms with Gasteiger partial charge in [-0.2, -0.15) is 0 Å². The Bertz CT molecular complexity index is 828. The number of hydrogen-bond donors (Lipinski definition) is 2. The van der Waals surface area contributed by atoms with Crippen molar-refractivity contribution in [2.75, 3.05) is 5.84 Å². The van der Waals surface area contributed by atoms with E-state index in [1.54, 1.807) is 12.3 Å². The van der Waals surface area contributed by atoms with E-state index in [4.69, 9.17) is 16.0 Å². The number of hydrogen-bond acceptors (Lipinski definition) is 6. The van der Waals surface area contributed by atoms with Crippen LogP contribution in [0.5, 0.6) is 0 Å². The minimum absolute atomic E-state index is 0.397. The third-order valence-corrected chi connectivity index (χ3v) is 4.58. The summed E-state index contributed by atoms with van der Waals surface area (Å²) in [7, 11) is 0. The summed E-state index contributed by atoms with van der Waals surface area (Å²) in [5.74, 6) is 6.76. The molecule has 3 aromatic rings. The summed E-state index contributed by atoms with van der Waals surface area (Å²) in [5.41, 5.74) is 7.06. The first kappa shape index (κ1) is 15.2. The van der Waals surface area contributed by atoms with Crippen LogP contribution in [-0.4, -0.2) is 20.8 Å². The van der Waals surface area contributed by atoms with Gasteiger partial charge in [0.05, 0.1) is 11.8 Å². The van der Waals surface area contributed by atoms with E-state index in [2.05, 4.69) is 10.2 Å². The van der Waals surface area contributed by atoms with Crippen molar-refractivity contribution in [3.63, 3.8) is 0 Å². The first-order valence-corrected chi connectivity index (χ1v) is 7.71. The molecule has 8 heteroatoms. The summed E-state index contributed by atoms with van der Waals surface area (Å²) in [6.07, 6.45) is 1.56. The first-order valence-electron chi connectivity index (χ1n) is 6.84. The van der Waals surface area contributed by atoms with Crippen LogP contribution in [0.15, 0.2) is 52.2 Å². The molecule has 1 unspecified atom stereocenters. The van der Waals surface area contributed by atoms with E-state index in [0.29, 0.717) is 16.7 Å². The highest BCUT2D eigenvalue weighted by Crippen LogP contribution is 2.35. The number of nitrogen functional groups attached to an aromatic ring is 1. The van der Waals surface area contributed by atoms with Gasteiger partial charge in [-0.1, -0.05) is 42.1 Å². The predicted octanol–water partition coefficient (Wildman–Crippen LogP) is 1.88. The maximum atomic E-state index is 11.8. The standard InChI is InChI=1S/C15H15N5O2S/c1-9-11(7-8-22-9)14-18-19-15(20(14)17)23-12(13(16)21)10-5-3-2-4-6-10/h2-8,12H,17H2,1H3,(H2,16,21). The topological polar surface area (TPSA) is 113 Å². The highest BCUT2D eigenvalue weighted by Gasteiger charge is 2.24. The van der Waals surface area contributed by atoms with Crippen molar-refractivity contribution in [2.24, 2.45) is 5.73 Å². The molecular formula is C15H15N5O2S. The second-order valence-corrected chi connectivity index (χ2v) is 5.95. The predicted molar refractivity (Wildman–Crippen MR) is 86.8 cm³/mol. The van der Waals surface area contributed by atoms with Crippen LogP contribution in [0.25, 0.3) is 11.4 Å². The van der Waals surface area contributed by atoms with Crippen molar-refractivity contribution >= 4 is 17.7 Å². The number of carbonyl (C=O) groups excluding carboxylic acids is 1. The van der Waals surface area contributed by atoms with Gasteiger partial charge in [0, 0.05) is 0 Å². The first-order chi connectivity index (χ1) is 11.1. The molecule has 0 saturated carbocycles. The van der Waals surface area contributed by atoms with Gasteiger partial charge >= 0.3 is 0 Å². The molecule has 118 valence electrons. The zero-order valence-corrected chi connectivity index (χ0v) is 13.2. The number of aryl methyl sites for hydroxylation is 1. The fourth-order valence-electron chi connectivity index (χ4n) is 2.18. The Morgan fingerprint density at radius 1 is 1.26 bits per heavy atom. The van der Waals surface area contributed by atoms with Gasteiger partial charge in [0.2, 0.25) is 11.1 Å². The molecule has 7 nitrogen and oxygen atoms in total. The molecule has 1 aromatic carbocycles. The van der Waals surface area contributed by atoms with Crippen LogP contribution in [0, 0.1) is 6.92 Å². The molecule has 0 aliphatic carbocycles. The summed E-state index contributed by atoms with van der Waals surface area (Å²) in [6, 6.07) is 11.0. The molecule has 2 aromatic heterocycles. The van der Waals surface area contributed by atoms with Crippen molar-refractivity contribution < 1.29 is 9.21 Å². The minimum Gasteiger partial charge on any atom is -0.469 e. The van der Waals surface area contributed by atoms with E-state index in [0.717, 1.165) is 22.9 Å². The zero-order valence-electron chi connectivity index (χ0n) is 12.3. The van der Waals surface area contributed by atoms with Gasteiger partial charge in [-0.25, -0.2) is 4.68 Å². The van der Waals surface area contributed by atoms with Crippen LogP contribution in [0.3, 0.4) is 0 Å². The van der Waals surface area contributed by atoms with E-state index in [9.17, 15) is 4.79 Å². The number of primary amides is 1. The summed E-state index contributed by atoms with van der Waals surface area (Å²) < 4.78 is 6.59. The summed E-state index contributed by atoms with van der Waals surface area (Å²) >= 11 is 1.16. The number of nitrogens with zero attached hydrogens (tertiary/aromatic N) is 3. The molecule has 23 heavy (non-hydrogen) atoms. The normalized spacial score (nSPS) is 12.2. The van der Waals surface area contributed by atoms with Gasteiger partial charge in [-0.15, -0.1) is 10.2 Å². The smallest absolute Gasteiger partial charge is 0.235 e. The maximum absolute atomic E-state index is 11.8. The third-order valence-electron chi connectivity index (χ3n) is 3.35. The van der Waals surface area contributed by atoms with Crippen molar-refractivity contribution in [1.82, 2.24) is 14.9 Å². The second-order valence-electron chi connectivity index (χ2n) is 4.88. The number of furan rings is 1. The van der Waals surface area contributed by atoms with Crippen molar-refractivity contribution in [2.45, 2.75) is 17.3 Å². The summed E-state index contributed by atoms with van der Waals surface area (Å²) in [6.45, 7) is 1.81. The molecule has 2 heterocycles. The van der Waals surface area contributed by atoms with Gasteiger partial charge in [-0.05, 0) is 18.6 Å². The fourth-order valence-corrected chi connectivity index (χ4v) is 3.09. The van der Waals surface area contributed by atoms with Crippen LogP contribution in [-0.2, 0) is 4.79 Å². The molecule has 0 aliphatic rings. The summed E-state index contributed by atoms with van der Waals surface area (Å²) in [4.78, 5) is 11.8. The molecule has 0 aliphatic heterocycles. The largest absolute Gasteiger partial charge is 0.469 e. The molecular weight excluding hydrogens is 314 g/mol. The molecule has 0 spiro atoms. The minimum atomic E-state index is -0.596. The van der Waals surface area contributed by atoms with E-state index in [1.165, 1.54) is 4.68 Å². The molecule has 4 N–H and O–H groups in total. The lowest BCUT2D eigenvalue weighted by atomic mass is 10.1. The number of benzene rings is 1. The lowest BCUT2D eigenvalue weighted by Crippen LogP contribution is -2.20. The van der Waals surface area contributed by atoms with Crippen LogP contribution < -0.4 is 11.6 Å². The van der Waals surface area contributed by atoms with Gasteiger partial charge < -0.3 is 16.0 Å². The number of carbonyl (C=O) groups is 1. The fraction of sp³-hybridized carbons (Fsp3) is 0.133. The Hall–Kier alpha value is -2.74. The number of amides is 1. The van der Waals surface area contributed by atoms with Gasteiger partial charge in [-0.3, -0.25) is 4.79 Å². The molecule has 0 radical (unpaired) electrons. The Morgan fingerprint density at radius 2 is 2.00 bits per heavy atom. The molecule has 1 atom stereocenters. The van der Waals surface area contributed by atoms with Crippen molar-refractivity contribution in [3.8, 4) is 11.4 Å². The monoisotopic (exact) mass is 329 g/mol. The number of nitrogens with two attached hydrogens (primary N) is 2. The Kier molecular flexibility index (Phi) is 4.07. The molecule has 0 bridgehead atoms. The third kappa shape index (κ3) is 2.93. The molecule has 3 rings (SSSR count). The Labute approximate surface area is 136 Å². The van der Waals surface area contributed by atoms with Crippen molar-refractivity contribution in [3.05, 3.63) is 54.0 Å². The van der Waals surface area contributed by atoms with Crippen LogP contribution in [0.4, 0.5) is 0 Å². The summed E-state index contributed by atoms with van der Waals surface area (Å²) in [5, 5.41) is 7.94. The highest BCUT2D eigenvalue weighted by atomic mass is 32.2. The Morgan fingerprint density at radius 3 is 2.61 bits per heavy atom. The van der Waals surface area contributed by atoms with Gasteiger partial charge in [0.1, 0.15) is 11.0 Å². The second kappa shape index (κ2) is 6.17. The van der Waals surface area contributed by atoms with Gasteiger partial charge in [0.25, 0.3) is 0 Å². The van der Waals surface area contributed by atoms with Crippen molar-refractivity contribution in [1.29, 1.82) is 0 Å². The quantitative estimate of drug-likeness (QED) is 0.546. The average Bonchev–Trinajstić information content (AvgIpc) is 3.11. The number of thioether (sulfide) groups is 1. The number of aromatic nitrogens is 3. The van der Waals surface area contributed by atoms with Crippen LogP contribution in [0.1, 0.15) is 16.6 Å². The number of rotatable bonds is 5. The molecule has 0 fully saturated rings. The lowest BCUT2D eigenvalue weighted by molar-refractivity contribution is -0.117. The zero-order chi connectivity index (χ0) is 16.4. The van der Waals surface area contributed by atoms with Crippen LogP contribution >= 0.6 is 11.8 Å². The maximum Gasteiger partial charge on any atom is 0.235 e. The van der Waals surface area contributed by atoms with E-state index in [-0.39, 0.29) is 0 Å². The van der Waals surface area contributed by atoms with E-state index >= 15 is 0 Å². The highest BCUT2D eigenvalue weighted by molar-refractivity contribution is 8.00. The Balaban J connectivity index is 1.92. The van der Waals surface area contributed by atoms with E-state index < -0.39 is 11.2 Å². The van der Waals surface area contributed by atoms with Crippen LogP contribution in [0.2, 0.25) is 0 Å². The van der Waals surface area contributed by atoms with E-state index in [1.807, 2.05) is 37.3 Å². The SMILES string of the molecule is Cc1occc1-c1nnc(SC(C(N)=O)c2ccccc2)n1N. The lowest BCUT2D eigenvalue weighted by Gasteiger charge is -2.12. The molecule has 1 amide bonds. The molecule has 0 saturated heterocycles.